The van der Waals surface area contributed by atoms with Crippen LogP contribution in [-0.4, -0.2) is 70.6 Å². The first kappa shape index (κ1) is 37.4. The van der Waals surface area contributed by atoms with Crippen LogP contribution in [0.15, 0.2) is 11.6 Å². The van der Waals surface area contributed by atoms with E-state index < -0.39 is 0 Å². The molecule has 0 spiro atoms. The summed E-state index contributed by atoms with van der Waals surface area (Å²) in [6, 6.07) is 2.66. The molecule has 3 saturated heterocycles. The van der Waals surface area contributed by atoms with E-state index in [1.165, 1.54) is 154 Å². The van der Waals surface area contributed by atoms with Crippen LogP contribution in [0.5, 0.6) is 0 Å². The summed E-state index contributed by atoms with van der Waals surface area (Å²) in [6.07, 6.45) is 37.4. The molecule has 0 amide bonds. The first-order valence-electron chi connectivity index (χ1n) is 20.3. The molecule has 5 nitrogen and oxygen atoms in total. The van der Waals surface area contributed by atoms with Crippen LogP contribution < -0.4 is 10.6 Å². The monoisotopic (exact) mass is 630 g/mol. The van der Waals surface area contributed by atoms with Crippen LogP contribution in [-0.2, 0) is 0 Å². The fourth-order valence-electron chi connectivity index (χ4n) is 9.17. The van der Waals surface area contributed by atoms with Crippen molar-refractivity contribution in [2.45, 2.75) is 223 Å². The molecule has 4 rings (SSSR count). The summed E-state index contributed by atoms with van der Waals surface area (Å²) in [5.41, 5.74) is 1.77. The molecule has 0 radical (unpaired) electrons. The molecule has 5 heteroatoms. The van der Waals surface area contributed by atoms with Crippen molar-refractivity contribution in [3.63, 3.8) is 0 Å². The number of nitrogens with zero attached hydrogens (tertiary/aromatic N) is 1. The van der Waals surface area contributed by atoms with Crippen molar-refractivity contribution < 1.29 is 10.2 Å². The van der Waals surface area contributed by atoms with Gasteiger partial charge in [0.25, 0.3) is 0 Å². The third-order valence-electron chi connectivity index (χ3n) is 12.2. The van der Waals surface area contributed by atoms with Gasteiger partial charge in [-0.15, -0.1) is 0 Å². The molecular weight excluding hydrogens is 554 g/mol. The Labute approximate surface area is 279 Å². The molecule has 0 unspecified atom stereocenters. The number of piperidine rings is 2. The van der Waals surface area contributed by atoms with Gasteiger partial charge in [-0.05, 0) is 96.9 Å². The summed E-state index contributed by atoms with van der Waals surface area (Å²) < 4.78 is 0. The quantitative estimate of drug-likeness (QED) is 0.0712. The van der Waals surface area contributed by atoms with Crippen LogP contribution in [0.4, 0.5) is 0 Å². The van der Waals surface area contributed by atoms with Gasteiger partial charge >= 0.3 is 0 Å². The van der Waals surface area contributed by atoms with Crippen molar-refractivity contribution in [1.29, 1.82) is 0 Å². The number of nitrogens with one attached hydrogen (secondary N) is 2. The Morgan fingerprint density at radius 3 is 1.58 bits per heavy atom. The van der Waals surface area contributed by atoms with E-state index >= 15 is 0 Å². The van der Waals surface area contributed by atoms with Gasteiger partial charge in [0, 0.05) is 36.8 Å². The second-order valence-corrected chi connectivity index (χ2v) is 16.0. The van der Waals surface area contributed by atoms with E-state index in [9.17, 15) is 10.2 Å². The number of fused-ring (bicyclic) bond motifs is 1. The summed E-state index contributed by atoms with van der Waals surface area (Å²) >= 11 is 0. The van der Waals surface area contributed by atoms with Crippen molar-refractivity contribution in [2.24, 2.45) is 5.92 Å². The maximum atomic E-state index is 9.89. The van der Waals surface area contributed by atoms with Gasteiger partial charge in [-0.2, -0.15) is 0 Å². The van der Waals surface area contributed by atoms with E-state index in [1.807, 2.05) is 0 Å². The standard InChI is InChI=1S/C40H75N3O2/c1-32-39(44)27-25-36(41-32)22-17-13-9-5-3-7-11-15-20-34-30-35(38-24-19-29-43(38)31-34)21-16-12-8-4-6-10-14-18-23-37-26-28-40(45)33(2)42-37/h30,32-33,35-42,44-45H,3-29,31H2,1-2H3/t32-,33-,35-,36+,37-,38+,39-,40+/m1/s1. The van der Waals surface area contributed by atoms with Gasteiger partial charge in [0.1, 0.15) is 0 Å². The normalized spacial score (nSPS) is 32.5. The average molecular weight is 630 g/mol. The molecule has 4 aliphatic rings. The predicted molar refractivity (Wildman–Crippen MR) is 192 cm³/mol. The van der Waals surface area contributed by atoms with E-state index in [4.69, 9.17) is 0 Å². The fraction of sp³-hybridized carbons (Fsp3) is 0.950. The molecule has 45 heavy (non-hydrogen) atoms. The van der Waals surface area contributed by atoms with Gasteiger partial charge in [-0.1, -0.05) is 108 Å². The molecular formula is C40H75N3O2. The number of aliphatic hydroxyl groups excluding tert-OH is 2. The second kappa shape index (κ2) is 21.5. The summed E-state index contributed by atoms with van der Waals surface area (Å²) in [7, 11) is 0. The molecule has 4 N–H and O–H groups in total. The molecule has 0 aliphatic carbocycles. The van der Waals surface area contributed by atoms with Gasteiger partial charge in [0.2, 0.25) is 0 Å². The largest absolute Gasteiger partial charge is 0.392 e. The van der Waals surface area contributed by atoms with Crippen molar-refractivity contribution in [1.82, 2.24) is 15.5 Å². The molecule has 0 bridgehead atoms. The Morgan fingerprint density at radius 2 is 1.07 bits per heavy atom. The van der Waals surface area contributed by atoms with Crippen LogP contribution in [0.25, 0.3) is 0 Å². The topological polar surface area (TPSA) is 67.8 Å². The highest BCUT2D eigenvalue weighted by Crippen LogP contribution is 2.35. The molecule has 4 heterocycles. The zero-order valence-corrected chi connectivity index (χ0v) is 29.8. The third-order valence-corrected chi connectivity index (χ3v) is 12.2. The van der Waals surface area contributed by atoms with Crippen LogP contribution in [0.1, 0.15) is 181 Å². The van der Waals surface area contributed by atoms with E-state index in [-0.39, 0.29) is 24.3 Å². The smallest absolute Gasteiger partial charge is 0.0691 e. The number of hydrogen-bond donors (Lipinski definition) is 4. The van der Waals surface area contributed by atoms with E-state index in [0.29, 0.717) is 12.1 Å². The lowest BCUT2D eigenvalue weighted by atomic mass is 9.85. The van der Waals surface area contributed by atoms with Crippen LogP contribution in [0, 0.1) is 5.92 Å². The van der Waals surface area contributed by atoms with Crippen LogP contribution in [0.2, 0.25) is 0 Å². The summed E-state index contributed by atoms with van der Waals surface area (Å²) in [5.74, 6) is 0.825. The minimum absolute atomic E-state index is 0.141. The minimum Gasteiger partial charge on any atom is -0.392 e. The first-order chi connectivity index (χ1) is 22.0. The highest BCUT2D eigenvalue weighted by Gasteiger charge is 2.34. The average Bonchev–Trinajstić information content (AvgIpc) is 3.51. The number of rotatable bonds is 22. The van der Waals surface area contributed by atoms with E-state index in [0.717, 1.165) is 37.6 Å². The predicted octanol–water partition coefficient (Wildman–Crippen LogP) is 8.81. The summed E-state index contributed by atoms with van der Waals surface area (Å²) in [4.78, 5) is 2.84. The first-order valence-corrected chi connectivity index (χ1v) is 20.3. The SMILES string of the molecule is C[C@H]1N[C@@H](CCCCCCCCCCC2=C[C@@H](CCCCCCCCCC[C@@H]3CC[C@H](O)[C@@H](C)N3)[C@@H]3CCCN3C2)CC[C@H]1O. The van der Waals surface area contributed by atoms with Crippen molar-refractivity contribution >= 4 is 0 Å². The molecule has 8 atom stereocenters. The second-order valence-electron chi connectivity index (χ2n) is 16.0. The maximum Gasteiger partial charge on any atom is 0.0691 e. The lowest BCUT2D eigenvalue weighted by Crippen LogP contribution is -2.48. The molecule has 3 fully saturated rings. The highest BCUT2D eigenvalue weighted by molar-refractivity contribution is 5.15. The van der Waals surface area contributed by atoms with Gasteiger partial charge in [-0.3, -0.25) is 4.90 Å². The molecule has 4 aliphatic heterocycles. The highest BCUT2D eigenvalue weighted by atomic mass is 16.3. The molecule has 0 aromatic carbocycles. The summed E-state index contributed by atoms with van der Waals surface area (Å²) in [6.45, 7) is 6.86. The minimum atomic E-state index is -0.142. The lowest BCUT2D eigenvalue weighted by Gasteiger charge is -2.36. The molecule has 0 aromatic rings. The van der Waals surface area contributed by atoms with Crippen LogP contribution in [0.3, 0.4) is 0 Å². The van der Waals surface area contributed by atoms with E-state index in [2.05, 4.69) is 35.5 Å². The summed E-state index contributed by atoms with van der Waals surface area (Å²) in [5, 5.41) is 27.0. The zero-order chi connectivity index (χ0) is 31.7. The molecule has 262 valence electrons. The van der Waals surface area contributed by atoms with E-state index in [1.54, 1.807) is 5.57 Å². The number of hydrogen-bond acceptors (Lipinski definition) is 5. The third kappa shape index (κ3) is 13.9. The van der Waals surface area contributed by atoms with Crippen LogP contribution >= 0.6 is 0 Å². The Hall–Kier alpha value is -0.460. The molecule has 0 saturated carbocycles. The van der Waals surface area contributed by atoms with Crippen molar-refractivity contribution in [3.8, 4) is 0 Å². The zero-order valence-electron chi connectivity index (χ0n) is 29.8. The Kier molecular flexibility index (Phi) is 17.8. The number of aliphatic hydroxyl groups is 2. The Morgan fingerprint density at radius 1 is 0.600 bits per heavy atom. The number of unbranched alkanes of at least 4 members (excludes halogenated alkanes) is 14. The maximum absolute atomic E-state index is 9.89. The van der Waals surface area contributed by atoms with Gasteiger partial charge in [0.05, 0.1) is 12.2 Å². The van der Waals surface area contributed by atoms with Crippen molar-refractivity contribution in [2.75, 3.05) is 13.1 Å². The van der Waals surface area contributed by atoms with Gasteiger partial charge in [0.15, 0.2) is 0 Å². The van der Waals surface area contributed by atoms with Gasteiger partial charge in [-0.25, -0.2) is 0 Å². The van der Waals surface area contributed by atoms with Gasteiger partial charge < -0.3 is 20.8 Å². The molecule has 0 aromatic heterocycles. The Bertz CT molecular complexity index is 804. The fourth-order valence-corrected chi connectivity index (χ4v) is 9.17. The lowest BCUT2D eigenvalue weighted by molar-refractivity contribution is 0.0848. The van der Waals surface area contributed by atoms with Crippen molar-refractivity contribution in [3.05, 3.63) is 11.6 Å². The Balaban J connectivity index is 0.963.